The van der Waals surface area contributed by atoms with Gasteiger partial charge in [-0.2, -0.15) is 0 Å². The fourth-order valence-corrected chi connectivity index (χ4v) is 3.71. The van der Waals surface area contributed by atoms with Crippen LogP contribution in [0.4, 0.5) is 0 Å². The topological polar surface area (TPSA) is 92.4 Å². The Morgan fingerprint density at radius 3 is 2.34 bits per heavy atom. The summed E-state index contributed by atoms with van der Waals surface area (Å²) in [6, 6.07) is 24.9. The third-order valence-electron chi connectivity index (χ3n) is 5.81. The van der Waals surface area contributed by atoms with Crippen LogP contribution in [0.25, 0.3) is 11.5 Å². The van der Waals surface area contributed by atoms with Crippen molar-refractivity contribution in [3.05, 3.63) is 101 Å². The van der Waals surface area contributed by atoms with Crippen molar-refractivity contribution in [2.75, 3.05) is 14.2 Å². The SMILES string of the molecule is COC(=O)CCC(=NOCc1ccc(OCc2nc(-c3ccccc3)oc2C)c(OC)c1)c1ccccc1. The molecule has 0 saturated heterocycles. The Hall–Kier alpha value is -4.59. The van der Waals surface area contributed by atoms with Gasteiger partial charge in [0.2, 0.25) is 5.89 Å². The first kappa shape index (κ1) is 26.5. The fourth-order valence-electron chi connectivity index (χ4n) is 3.71. The molecule has 3 aromatic carbocycles. The molecule has 0 atom stereocenters. The van der Waals surface area contributed by atoms with Gasteiger partial charge in [-0.1, -0.05) is 59.8 Å². The first-order valence-corrected chi connectivity index (χ1v) is 12.2. The number of carbonyl (C=O) groups is 1. The van der Waals surface area contributed by atoms with E-state index in [0.29, 0.717) is 41.0 Å². The second kappa shape index (κ2) is 13.1. The van der Waals surface area contributed by atoms with Crippen molar-refractivity contribution in [2.45, 2.75) is 33.0 Å². The lowest BCUT2D eigenvalue weighted by atomic mass is 10.1. The zero-order valence-electron chi connectivity index (χ0n) is 21.7. The van der Waals surface area contributed by atoms with Gasteiger partial charge in [0, 0.05) is 12.0 Å². The van der Waals surface area contributed by atoms with Gasteiger partial charge in [0.25, 0.3) is 0 Å². The number of benzene rings is 3. The summed E-state index contributed by atoms with van der Waals surface area (Å²) in [5.41, 5.74) is 4.03. The number of hydrogen-bond donors (Lipinski definition) is 0. The standard InChI is InChI=1S/C30H30N2O6/c1-21-26(31-30(38-21)24-12-8-5-9-13-24)20-36-27-16-14-22(18-28(27)34-2)19-37-32-25(15-17-29(33)35-3)23-10-6-4-7-11-23/h4-14,16,18H,15,17,19-20H2,1-3H3. The van der Waals surface area contributed by atoms with Crippen molar-refractivity contribution in [3.8, 4) is 23.0 Å². The van der Waals surface area contributed by atoms with Crippen LogP contribution in [0.1, 0.15) is 35.4 Å². The van der Waals surface area contributed by atoms with E-state index in [-0.39, 0.29) is 25.6 Å². The molecule has 0 amide bonds. The highest BCUT2D eigenvalue weighted by molar-refractivity contribution is 6.01. The van der Waals surface area contributed by atoms with Crippen LogP contribution in [-0.2, 0) is 27.6 Å². The molecule has 0 saturated carbocycles. The molecule has 0 fully saturated rings. The minimum absolute atomic E-state index is 0.214. The van der Waals surface area contributed by atoms with Crippen LogP contribution >= 0.6 is 0 Å². The zero-order valence-corrected chi connectivity index (χ0v) is 21.7. The molecular formula is C30H30N2O6. The van der Waals surface area contributed by atoms with Gasteiger partial charge in [0.15, 0.2) is 11.5 Å². The number of aromatic nitrogens is 1. The molecule has 196 valence electrons. The fraction of sp³-hybridized carbons (Fsp3) is 0.233. The summed E-state index contributed by atoms with van der Waals surface area (Å²) in [6.45, 7) is 2.32. The predicted molar refractivity (Wildman–Crippen MR) is 143 cm³/mol. The summed E-state index contributed by atoms with van der Waals surface area (Å²) in [5, 5.41) is 4.30. The number of hydrogen-bond acceptors (Lipinski definition) is 8. The van der Waals surface area contributed by atoms with Crippen molar-refractivity contribution in [3.63, 3.8) is 0 Å². The van der Waals surface area contributed by atoms with Crippen LogP contribution in [0.2, 0.25) is 0 Å². The summed E-state index contributed by atoms with van der Waals surface area (Å²) in [5.74, 6) is 2.10. The maximum absolute atomic E-state index is 11.6. The number of rotatable bonds is 12. The van der Waals surface area contributed by atoms with Crippen molar-refractivity contribution < 1.29 is 28.3 Å². The summed E-state index contributed by atoms with van der Waals surface area (Å²) in [6.07, 6.45) is 0.617. The van der Waals surface area contributed by atoms with Gasteiger partial charge in [-0.25, -0.2) is 4.98 Å². The Labute approximate surface area is 221 Å². The van der Waals surface area contributed by atoms with Gasteiger partial charge >= 0.3 is 5.97 Å². The number of oxime groups is 1. The molecule has 8 heteroatoms. The highest BCUT2D eigenvalue weighted by Gasteiger charge is 2.14. The molecule has 1 aromatic heterocycles. The van der Waals surface area contributed by atoms with Crippen LogP contribution in [0, 0.1) is 6.92 Å². The Bertz CT molecular complexity index is 1370. The van der Waals surface area contributed by atoms with Gasteiger partial charge in [0.1, 0.15) is 24.7 Å². The van der Waals surface area contributed by atoms with E-state index in [2.05, 4.69) is 10.1 Å². The molecule has 0 unspecified atom stereocenters. The van der Waals surface area contributed by atoms with Gasteiger partial charge in [-0.05, 0) is 42.3 Å². The normalized spacial score (nSPS) is 11.2. The molecule has 0 aliphatic rings. The quantitative estimate of drug-likeness (QED) is 0.128. The largest absolute Gasteiger partial charge is 0.493 e. The monoisotopic (exact) mass is 514 g/mol. The second-order valence-electron chi connectivity index (χ2n) is 8.42. The van der Waals surface area contributed by atoms with E-state index in [1.807, 2.05) is 85.8 Å². The summed E-state index contributed by atoms with van der Waals surface area (Å²) in [7, 11) is 2.95. The maximum atomic E-state index is 11.6. The van der Waals surface area contributed by atoms with Crippen LogP contribution in [-0.4, -0.2) is 30.9 Å². The Morgan fingerprint density at radius 1 is 0.895 bits per heavy atom. The van der Waals surface area contributed by atoms with Crippen LogP contribution in [0.3, 0.4) is 0 Å². The van der Waals surface area contributed by atoms with E-state index in [0.717, 1.165) is 16.7 Å². The summed E-state index contributed by atoms with van der Waals surface area (Å²) < 4.78 is 22.1. The number of aryl methyl sites for hydroxylation is 1. The molecule has 4 rings (SSSR count). The van der Waals surface area contributed by atoms with E-state index in [9.17, 15) is 4.79 Å². The van der Waals surface area contributed by atoms with Gasteiger partial charge in [-0.3, -0.25) is 4.79 Å². The molecular weight excluding hydrogens is 484 g/mol. The highest BCUT2D eigenvalue weighted by Crippen LogP contribution is 2.30. The van der Waals surface area contributed by atoms with E-state index < -0.39 is 0 Å². The van der Waals surface area contributed by atoms with Crippen LogP contribution in [0.15, 0.2) is 88.4 Å². The molecule has 38 heavy (non-hydrogen) atoms. The minimum atomic E-state index is -0.300. The predicted octanol–water partition coefficient (Wildman–Crippen LogP) is 6.11. The Kier molecular flexibility index (Phi) is 9.12. The first-order valence-electron chi connectivity index (χ1n) is 12.2. The van der Waals surface area contributed by atoms with Crippen molar-refractivity contribution in [2.24, 2.45) is 5.16 Å². The Morgan fingerprint density at radius 2 is 1.63 bits per heavy atom. The number of ether oxygens (including phenoxy) is 3. The number of oxazole rings is 1. The second-order valence-corrected chi connectivity index (χ2v) is 8.42. The Balaban J connectivity index is 1.40. The summed E-state index contributed by atoms with van der Waals surface area (Å²) in [4.78, 5) is 21.9. The summed E-state index contributed by atoms with van der Waals surface area (Å²) >= 11 is 0. The number of nitrogens with zero attached hydrogens (tertiary/aromatic N) is 2. The number of carbonyl (C=O) groups excluding carboxylic acids is 1. The molecule has 4 aromatic rings. The lowest BCUT2D eigenvalue weighted by Gasteiger charge is -2.12. The zero-order chi connectivity index (χ0) is 26.7. The molecule has 0 spiro atoms. The van der Waals surface area contributed by atoms with Gasteiger partial charge in [0.05, 0.1) is 26.4 Å². The van der Waals surface area contributed by atoms with Gasteiger partial charge in [-0.15, -0.1) is 0 Å². The third kappa shape index (κ3) is 7.00. The average Bonchev–Trinajstić information content (AvgIpc) is 3.34. The highest BCUT2D eigenvalue weighted by atomic mass is 16.6. The lowest BCUT2D eigenvalue weighted by Crippen LogP contribution is -2.08. The first-order chi connectivity index (χ1) is 18.6. The van der Waals surface area contributed by atoms with E-state index >= 15 is 0 Å². The lowest BCUT2D eigenvalue weighted by molar-refractivity contribution is -0.140. The van der Waals surface area contributed by atoms with Crippen LogP contribution < -0.4 is 9.47 Å². The minimum Gasteiger partial charge on any atom is -0.493 e. The number of esters is 1. The molecule has 8 nitrogen and oxygen atoms in total. The van der Waals surface area contributed by atoms with Crippen molar-refractivity contribution in [1.29, 1.82) is 0 Å². The average molecular weight is 515 g/mol. The third-order valence-corrected chi connectivity index (χ3v) is 5.81. The van der Waals surface area contributed by atoms with E-state index in [1.54, 1.807) is 7.11 Å². The number of methoxy groups -OCH3 is 2. The molecule has 0 aliphatic heterocycles. The smallest absolute Gasteiger partial charge is 0.305 e. The van der Waals surface area contributed by atoms with Crippen molar-refractivity contribution in [1.82, 2.24) is 4.98 Å². The molecule has 0 radical (unpaired) electrons. The molecule has 0 N–H and O–H groups in total. The molecule has 1 heterocycles. The maximum Gasteiger partial charge on any atom is 0.305 e. The van der Waals surface area contributed by atoms with Crippen LogP contribution in [0.5, 0.6) is 11.5 Å². The molecule has 0 aliphatic carbocycles. The van der Waals surface area contributed by atoms with Gasteiger partial charge < -0.3 is 23.5 Å². The van der Waals surface area contributed by atoms with Crippen molar-refractivity contribution >= 4 is 11.7 Å². The molecule has 0 bridgehead atoms. The van der Waals surface area contributed by atoms with E-state index in [1.165, 1.54) is 7.11 Å². The van der Waals surface area contributed by atoms with E-state index in [4.69, 9.17) is 23.5 Å².